The zero-order chi connectivity index (χ0) is 13.6. The predicted molar refractivity (Wildman–Crippen MR) is 68.4 cm³/mol. The van der Waals surface area contributed by atoms with Crippen LogP contribution in [0.5, 0.6) is 0 Å². The van der Waals surface area contributed by atoms with E-state index in [9.17, 15) is 9.59 Å². The molecule has 0 radical (unpaired) electrons. The van der Waals surface area contributed by atoms with Gasteiger partial charge in [-0.05, 0) is 34.1 Å². The molecule has 0 fully saturated rings. The van der Waals surface area contributed by atoms with Gasteiger partial charge in [0.1, 0.15) is 11.6 Å². The van der Waals surface area contributed by atoms with Crippen molar-refractivity contribution < 1.29 is 19.4 Å². The van der Waals surface area contributed by atoms with Crippen LogP contribution >= 0.6 is 15.9 Å². The fourth-order valence-electron chi connectivity index (χ4n) is 1.13. The minimum absolute atomic E-state index is 0.355. The van der Waals surface area contributed by atoms with Gasteiger partial charge in [0, 0.05) is 11.9 Å². The van der Waals surface area contributed by atoms with E-state index in [0.29, 0.717) is 18.3 Å². The Kier molecular flexibility index (Phi) is 6.52. The van der Waals surface area contributed by atoms with Crippen LogP contribution in [-0.4, -0.2) is 45.6 Å². The molecule has 0 rings (SSSR count). The maximum Gasteiger partial charge on any atom is 0.411 e. The number of halogens is 1. The van der Waals surface area contributed by atoms with E-state index in [1.54, 1.807) is 20.8 Å². The van der Waals surface area contributed by atoms with E-state index in [1.165, 1.54) is 11.8 Å². The summed E-state index contributed by atoms with van der Waals surface area (Å²) in [5.74, 6) is -1.04. The van der Waals surface area contributed by atoms with Gasteiger partial charge in [-0.25, -0.2) is 9.59 Å². The molecule has 6 heteroatoms. The van der Waals surface area contributed by atoms with Gasteiger partial charge in [-0.2, -0.15) is 0 Å². The summed E-state index contributed by atoms with van der Waals surface area (Å²) in [4.78, 5) is 24.0. The number of carbonyl (C=O) groups excluding carboxylic acids is 1. The topological polar surface area (TPSA) is 66.8 Å². The van der Waals surface area contributed by atoms with Crippen LogP contribution in [0, 0.1) is 0 Å². The molecule has 0 aliphatic carbocycles. The fourth-order valence-corrected chi connectivity index (χ4v) is 1.38. The molecule has 0 bridgehead atoms. The summed E-state index contributed by atoms with van der Waals surface area (Å²) in [6, 6.07) is -0.885. The molecule has 1 atom stereocenters. The Morgan fingerprint density at radius 3 is 2.29 bits per heavy atom. The lowest BCUT2D eigenvalue weighted by atomic mass is 10.2. The normalized spacial score (nSPS) is 13.0. The predicted octanol–water partition coefficient (Wildman–Crippen LogP) is 2.48. The SMILES string of the molecule is C[C@@H](C(=O)O)N(CCCBr)C(=O)OC(C)(C)C. The first-order valence-electron chi connectivity index (χ1n) is 5.47. The lowest BCUT2D eigenvalue weighted by Crippen LogP contribution is -2.46. The van der Waals surface area contributed by atoms with Crippen LogP contribution in [0.3, 0.4) is 0 Å². The number of carbonyl (C=O) groups is 2. The molecular formula is C11H20BrNO4. The summed E-state index contributed by atoms with van der Waals surface area (Å²) in [5, 5.41) is 9.64. The largest absolute Gasteiger partial charge is 0.480 e. The Balaban J connectivity index is 4.67. The first-order valence-corrected chi connectivity index (χ1v) is 6.59. The Labute approximate surface area is 110 Å². The van der Waals surface area contributed by atoms with Crippen LogP contribution in [0.2, 0.25) is 0 Å². The maximum absolute atomic E-state index is 11.8. The molecule has 100 valence electrons. The molecule has 5 nitrogen and oxygen atoms in total. The fraction of sp³-hybridized carbons (Fsp3) is 0.818. The molecular weight excluding hydrogens is 290 g/mol. The second-order valence-corrected chi connectivity index (χ2v) is 5.52. The van der Waals surface area contributed by atoms with Crippen LogP contribution in [0.15, 0.2) is 0 Å². The van der Waals surface area contributed by atoms with Gasteiger partial charge in [-0.15, -0.1) is 0 Å². The maximum atomic E-state index is 11.8. The molecule has 0 aromatic heterocycles. The highest BCUT2D eigenvalue weighted by atomic mass is 79.9. The van der Waals surface area contributed by atoms with Gasteiger partial charge in [-0.3, -0.25) is 4.90 Å². The lowest BCUT2D eigenvalue weighted by Gasteiger charge is -2.29. The molecule has 0 unspecified atom stereocenters. The van der Waals surface area contributed by atoms with Crippen LogP contribution in [0.4, 0.5) is 4.79 Å². The van der Waals surface area contributed by atoms with Crippen molar-refractivity contribution in [1.29, 1.82) is 0 Å². The van der Waals surface area contributed by atoms with Gasteiger partial charge in [0.05, 0.1) is 0 Å². The van der Waals surface area contributed by atoms with Crippen molar-refractivity contribution in [2.45, 2.75) is 45.8 Å². The third-order valence-corrected chi connectivity index (χ3v) is 2.55. The van der Waals surface area contributed by atoms with Gasteiger partial charge < -0.3 is 9.84 Å². The van der Waals surface area contributed by atoms with Gasteiger partial charge >= 0.3 is 12.1 Å². The molecule has 0 spiro atoms. The molecule has 17 heavy (non-hydrogen) atoms. The Bertz CT molecular complexity index is 275. The first kappa shape index (κ1) is 16.2. The number of hydrogen-bond acceptors (Lipinski definition) is 3. The minimum atomic E-state index is -1.04. The van der Waals surface area contributed by atoms with E-state index < -0.39 is 23.7 Å². The molecule has 1 amide bonds. The van der Waals surface area contributed by atoms with Crippen molar-refractivity contribution in [3.63, 3.8) is 0 Å². The van der Waals surface area contributed by atoms with E-state index in [-0.39, 0.29) is 0 Å². The summed E-state index contributed by atoms with van der Waals surface area (Å²) >= 11 is 3.25. The average Bonchev–Trinajstić information content (AvgIpc) is 2.15. The van der Waals surface area contributed by atoms with Crippen molar-refractivity contribution >= 4 is 28.0 Å². The number of carboxylic acid groups (broad SMARTS) is 1. The highest BCUT2D eigenvalue weighted by molar-refractivity contribution is 9.09. The minimum Gasteiger partial charge on any atom is -0.480 e. The molecule has 0 aromatic rings. The molecule has 0 aliphatic rings. The number of hydrogen-bond donors (Lipinski definition) is 1. The summed E-state index contributed by atoms with van der Waals surface area (Å²) < 4.78 is 5.18. The van der Waals surface area contributed by atoms with Crippen molar-refractivity contribution in [1.82, 2.24) is 4.90 Å². The van der Waals surface area contributed by atoms with E-state index in [2.05, 4.69) is 15.9 Å². The Morgan fingerprint density at radius 1 is 1.41 bits per heavy atom. The monoisotopic (exact) mass is 309 g/mol. The van der Waals surface area contributed by atoms with Crippen LogP contribution in [0.25, 0.3) is 0 Å². The number of amides is 1. The molecule has 0 aromatic carbocycles. The van der Waals surface area contributed by atoms with Gasteiger partial charge in [0.25, 0.3) is 0 Å². The van der Waals surface area contributed by atoms with E-state index in [1.807, 2.05) is 0 Å². The van der Waals surface area contributed by atoms with Crippen LogP contribution in [-0.2, 0) is 9.53 Å². The van der Waals surface area contributed by atoms with Crippen molar-refractivity contribution in [2.75, 3.05) is 11.9 Å². The van der Waals surface area contributed by atoms with Crippen molar-refractivity contribution in [3.8, 4) is 0 Å². The number of carboxylic acids is 1. The Hall–Kier alpha value is -0.780. The van der Waals surface area contributed by atoms with Crippen molar-refractivity contribution in [3.05, 3.63) is 0 Å². The number of rotatable bonds is 5. The quantitative estimate of drug-likeness (QED) is 0.792. The molecule has 0 saturated heterocycles. The zero-order valence-corrected chi connectivity index (χ0v) is 12.3. The number of aliphatic carboxylic acids is 1. The zero-order valence-electron chi connectivity index (χ0n) is 10.7. The third kappa shape index (κ3) is 6.51. The second-order valence-electron chi connectivity index (χ2n) is 4.73. The molecule has 0 heterocycles. The molecule has 1 N–H and O–H groups in total. The van der Waals surface area contributed by atoms with Crippen LogP contribution < -0.4 is 0 Å². The van der Waals surface area contributed by atoms with E-state index in [4.69, 9.17) is 9.84 Å². The number of ether oxygens (including phenoxy) is 1. The average molecular weight is 310 g/mol. The number of nitrogens with zero attached hydrogens (tertiary/aromatic N) is 1. The second kappa shape index (κ2) is 6.83. The van der Waals surface area contributed by atoms with E-state index in [0.717, 1.165) is 0 Å². The first-order chi connectivity index (χ1) is 7.69. The van der Waals surface area contributed by atoms with Gasteiger partial charge in [-0.1, -0.05) is 15.9 Å². The smallest absolute Gasteiger partial charge is 0.411 e. The van der Waals surface area contributed by atoms with Gasteiger partial charge in [0.2, 0.25) is 0 Å². The highest BCUT2D eigenvalue weighted by Gasteiger charge is 2.29. The molecule has 0 saturated carbocycles. The van der Waals surface area contributed by atoms with Crippen LogP contribution in [0.1, 0.15) is 34.1 Å². The third-order valence-electron chi connectivity index (χ3n) is 1.99. The summed E-state index contributed by atoms with van der Waals surface area (Å²) in [7, 11) is 0. The molecule has 0 aliphatic heterocycles. The standard InChI is InChI=1S/C11H20BrNO4/c1-8(9(14)15)13(7-5-6-12)10(16)17-11(2,3)4/h8H,5-7H2,1-4H3,(H,14,15)/t8-/m0/s1. The summed E-state index contributed by atoms with van der Waals surface area (Å²) in [6.45, 7) is 7.07. The highest BCUT2D eigenvalue weighted by Crippen LogP contribution is 2.13. The van der Waals surface area contributed by atoms with Crippen molar-refractivity contribution in [2.24, 2.45) is 0 Å². The number of alkyl halides is 1. The van der Waals surface area contributed by atoms with Gasteiger partial charge in [0.15, 0.2) is 0 Å². The van der Waals surface area contributed by atoms with E-state index >= 15 is 0 Å². The Morgan fingerprint density at radius 2 is 1.94 bits per heavy atom. The summed E-state index contributed by atoms with van der Waals surface area (Å²) in [5.41, 5.74) is -0.623. The summed E-state index contributed by atoms with van der Waals surface area (Å²) in [6.07, 6.45) is 0.0880. The lowest BCUT2D eigenvalue weighted by molar-refractivity contribution is -0.142.